The van der Waals surface area contributed by atoms with Crippen molar-refractivity contribution >= 4 is 16.6 Å². The molecule has 1 heterocycles. The molecule has 5 rings (SSSR count). The Morgan fingerprint density at radius 2 is 1.73 bits per heavy atom. The average molecular weight is 340 g/mol. The monoisotopic (exact) mass is 340 g/mol. The lowest BCUT2D eigenvalue weighted by Crippen LogP contribution is -2.41. The van der Waals surface area contributed by atoms with Crippen molar-refractivity contribution in [3.63, 3.8) is 0 Å². The van der Waals surface area contributed by atoms with Crippen molar-refractivity contribution in [3.05, 3.63) is 83.4 Å². The minimum Gasteiger partial charge on any atom is -0.291 e. The topological polar surface area (TPSA) is 41.8 Å². The first-order valence-corrected chi connectivity index (χ1v) is 9.29. The van der Waals surface area contributed by atoms with Crippen molar-refractivity contribution in [1.82, 2.24) is 0 Å². The van der Waals surface area contributed by atoms with E-state index in [0.717, 1.165) is 30.4 Å². The number of aryl methyl sites for hydroxylation is 1. The van der Waals surface area contributed by atoms with E-state index in [1.807, 2.05) is 18.2 Å². The Kier molecular flexibility index (Phi) is 3.49. The fraction of sp³-hybridized carbons (Fsp3) is 0.261. The molecule has 0 radical (unpaired) electrons. The Morgan fingerprint density at radius 3 is 2.69 bits per heavy atom. The van der Waals surface area contributed by atoms with E-state index < -0.39 is 5.54 Å². The Hall–Kier alpha value is -2.81. The van der Waals surface area contributed by atoms with Crippen LogP contribution in [-0.4, -0.2) is 17.9 Å². The number of hydrogen-bond acceptors (Lipinski definition) is 3. The van der Waals surface area contributed by atoms with Gasteiger partial charge in [0.2, 0.25) is 0 Å². The summed E-state index contributed by atoms with van der Waals surface area (Å²) in [5.41, 5.74) is 2.42. The van der Waals surface area contributed by atoms with Gasteiger partial charge in [-0.2, -0.15) is 10.2 Å². The number of hydrogen-bond donors (Lipinski definition) is 0. The molecular weight excluding hydrogens is 320 g/mol. The number of Topliss-reactive ketones (excluding diaryl/α,β-unsaturated/α-hetero) is 1. The first-order chi connectivity index (χ1) is 12.8. The van der Waals surface area contributed by atoms with Crippen LogP contribution >= 0.6 is 0 Å². The summed E-state index contributed by atoms with van der Waals surface area (Å²) in [6.45, 7) is 0.585. The van der Waals surface area contributed by atoms with Crippen LogP contribution in [0.5, 0.6) is 0 Å². The third-order valence-corrected chi connectivity index (χ3v) is 5.95. The van der Waals surface area contributed by atoms with Gasteiger partial charge in [-0.25, -0.2) is 0 Å². The molecular formula is C23H20N2O. The lowest BCUT2D eigenvalue weighted by molar-refractivity contribution is 0.0870. The molecule has 3 heteroatoms. The standard InChI is InChI=1S/C23H20N2O/c26-22-19-12-4-2-8-17(19)10-6-14-23(22)21(15-24-25-23)20-13-5-9-16-7-1-3-11-18(16)20/h1-5,7-9,11-13,21H,6,10,14-15H2/t21-,23+/m0/s1. The second-order valence-corrected chi connectivity index (χ2v) is 7.31. The Morgan fingerprint density at radius 1 is 0.923 bits per heavy atom. The van der Waals surface area contributed by atoms with E-state index in [9.17, 15) is 4.79 Å². The number of benzene rings is 3. The first kappa shape index (κ1) is 15.4. The Bertz CT molecular complexity index is 1030. The van der Waals surface area contributed by atoms with Crippen LogP contribution in [0.25, 0.3) is 10.8 Å². The van der Waals surface area contributed by atoms with E-state index in [-0.39, 0.29) is 11.7 Å². The average Bonchev–Trinajstić information content (AvgIpc) is 3.06. The number of azo groups is 1. The van der Waals surface area contributed by atoms with Gasteiger partial charge in [-0.1, -0.05) is 66.7 Å². The lowest BCUT2D eigenvalue weighted by atomic mass is 9.73. The number of carbonyl (C=O) groups is 1. The van der Waals surface area contributed by atoms with Gasteiger partial charge in [0.1, 0.15) is 0 Å². The van der Waals surface area contributed by atoms with Crippen LogP contribution in [0.4, 0.5) is 0 Å². The molecule has 1 aliphatic heterocycles. The molecule has 0 amide bonds. The van der Waals surface area contributed by atoms with E-state index in [4.69, 9.17) is 0 Å². The molecule has 3 aromatic rings. The van der Waals surface area contributed by atoms with Crippen LogP contribution in [0, 0.1) is 0 Å². The van der Waals surface area contributed by atoms with Gasteiger partial charge in [0.25, 0.3) is 0 Å². The molecule has 0 fully saturated rings. The molecule has 2 aliphatic rings. The van der Waals surface area contributed by atoms with Gasteiger partial charge in [-0.15, -0.1) is 0 Å². The maximum Gasteiger partial charge on any atom is 0.193 e. The number of fused-ring (bicyclic) bond motifs is 2. The van der Waals surface area contributed by atoms with E-state index >= 15 is 0 Å². The second kappa shape index (κ2) is 5.87. The third kappa shape index (κ3) is 2.16. The normalized spacial score (nSPS) is 24.8. The Balaban J connectivity index is 1.68. The summed E-state index contributed by atoms with van der Waals surface area (Å²) in [5.74, 6) is 0.150. The first-order valence-electron chi connectivity index (χ1n) is 9.29. The molecule has 0 bridgehead atoms. The van der Waals surface area contributed by atoms with Gasteiger partial charge in [-0.3, -0.25) is 4.79 Å². The maximum absolute atomic E-state index is 13.6. The smallest absolute Gasteiger partial charge is 0.193 e. The highest BCUT2D eigenvalue weighted by Gasteiger charge is 2.51. The highest BCUT2D eigenvalue weighted by atomic mass is 16.1. The number of rotatable bonds is 1. The van der Waals surface area contributed by atoms with Crippen LogP contribution in [-0.2, 0) is 6.42 Å². The highest BCUT2D eigenvalue weighted by Crippen LogP contribution is 2.46. The molecule has 128 valence electrons. The van der Waals surface area contributed by atoms with E-state index in [1.54, 1.807) is 0 Å². The molecule has 26 heavy (non-hydrogen) atoms. The Labute approximate surface area is 152 Å². The zero-order chi connectivity index (χ0) is 17.6. The summed E-state index contributed by atoms with van der Waals surface area (Å²) in [7, 11) is 0. The zero-order valence-corrected chi connectivity index (χ0v) is 14.6. The molecule has 2 atom stereocenters. The predicted octanol–water partition coefficient (Wildman–Crippen LogP) is 5.35. The van der Waals surface area contributed by atoms with Gasteiger partial charge in [0.15, 0.2) is 11.3 Å². The van der Waals surface area contributed by atoms with Crippen molar-refractivity contribution in [3.8, 4) is 0 Å². The molecule has 0 unspecified atom stereocenters. The SMILES string of the molecule is O=C1c2ccccc2CCC[C@]12N=NC[C@H]2c1cccc2ccccc12. The summed E-state index contributed by atoms with van der Waals surface area (Å²) in [5, 5.41) is 11.4. The van der Waals surface area contributed by atoms with E-state index in [2.05, 4.69) is 58.8 Å². The van der Waals surface area contributed by atoms with Crippen LogP contribution in [0.1, 0.15) is 40.2 Å². The van der Waals surface area contributed by atoms with Crippen molar-refractivity contribution in [2.24, 2.45) is 10.2 Å². The third-order valence-electron chi connectivity index (χ3n) is 5.95. The van der Waals surface area contributed by atoms with Gasteiger partial charge in [-0.05, 0) is 41.2 Å². The fourth-order valence-corrected chi connectivity index (χ4v) is 4.66. The molecule has 0 N–H and O–H groups in total. The molecule has 1 aliphatic carbocycles. The van der Waals surface area contributed by atoms with Crippen molar-refractivity contribution in [1.29, 1.82) is 0 Å². The summed E-state index contributed by atoms with van der Waals surface area (Å²) < 4.78 is 0. The summed E-state index contributed by atoms with van der Waals surface area (Å²) >= 11 is 0. The summed E-state index contributed by atoms with van der Waals surface area (Å²) in [6, 6.07) is 22.7. The summed E-state index contributed by atoms with van der Waals surface area (Å²) in [4.78, 5) is 13.6. The molecule has 3 nitrogen and oxygen atoms in total. The van der Waals surface area contributed by atoms with Crippen molar-refractivity contribution in [2.75, 3.05) is 6.54 Å². The molecule has 0 saturated heterocycles. The van der Waals surface area contributed by atoms with E-state index in [0.29, 0.717) is 6.54 Å². The van der Waals surface area contributed by atoms with E-state index in [1.165, 1.54) is 16.3 Å². The molecule has 0 saturated carbocycles. The number of carbonyl (C=O) groups excluding carboxylic acids is 1. The lowest BCUT2D eigenvalue weighted by Gasteiger charge is -2.30. The minimum atomic E-state index is -0.753. The summed E-state index contributed by atoms with van der Waals surface area (Å²) in [6.07, 6.45) is 2.66. The van der Waals surface area contributed by atoms with Crippen molar-refractivity contribution < 1.29 is 4.79 Å². The second-order valence-electron chi connectivity index (χ2n) is 7.31. The van der Waals surface area contributed by atoms with Crippen LogP contribution in [0.15, 0.2) is 77.0 Å². The number of ketones is 1. The molecule has 0 aromatic heterocycles. The number of nitrogens with zero attached hydrogens (tertiary/aromatic N) is 2. The van der Waals surface area contributed by atoms with Crippen LogP contribution in [0.3, 0.4) is 0 Å². The van der Waals surface area contributed by atoms with Gasteiger partial charge in [0.05, 0.1) is 6.54 Å². The predicted molar refractivity (Wildman–Crippen MR) is 103 cm³/mol. The molecule has 1 spiro atoms. The fourth-order valence-electron chi connectivity index (χ4n) is 4.66. The molecule has 3 aromatic carbocycles. The van der Waals surface area contributed by atoms with Gasteiger partial charge < -0.3 is 0 Å². The largest absolute Gasteiger partial charge is 0.291 e. The minimum absolute atomic E-state index is 0.00672. The zero-order valence-electron chi connectivity index (χ0n) is 14.6. The van der Waals surface area contributed by atoms with Crippen LogP contribution < -0.4 is 0 Å². The van der Waals surface area contributed by atoms with Gasteiger partial charge >= 0.3 is 0 Å². The van der Waals surface area contributed by atoms with Crippen LogP contribution in [0.2, 0.25) is 0 Å². The van der Waals surface area contributed by atoms with Gasteiger partial charge in [0, 0.05) is 11.5 Å². The maximum atomic E-state index is 13.6. The quantitative estimate of drug-likeness (QED) is 0.589. The highest BCUT2D eigenvalue weighted by molar-refractivity contribution is 6.06. The van der Waals surface area contributed by atoms with Crippen molar-refractivity contribution in [2.45, 2.75) is 30.7 Å².